The smallest absolute Gasteiger partial charge is 0.242 e. The second kappa shape index (κ2) is 6.22. The molecule has 1 atom stereocenters. The Morgan fingerprint density at radius 3 is 2.50 bits per heavy atom. The standard InChI is InChI=1S/C14H23N3O2S/c1-16(2)20(18,19)14-7-5-12(6-8-14)10-17-9-3-4-13(15)11-17/h5-8,13H,3-4,9-11,15H2,1-2H3. The molecule has 0 saturated carbocycles. The van der Waals surface area contributed by atoms with E-state index in [9.17, 15) is 8.42 Å². The van der Waals surface area contributed by atoms with Crippen LogP contribution in [0.5, 0.6) is 0 Å². The number of nitrogens with zero attached hydrogens (tertiary/aromatic N) is 2. The van der Waals surface area contributed by atoms with Gasteiger partial charge in [0.05, 0.1) is 4.90 Å². The molecule has 5 nitrogen and oxygen atoms in total. The molecule has 0 aromatic heterocycles. The van der Waals surface area contributed by atoms with Gasteiger partial charge in [-0.05, 0) is 37.1 Å². The largest absolute Gasteiger partial charge is 0.327 e. The summed E-state index contributed by atoms with van der Waals surface area (Å²) in [5, 5.41) is 0. The van der Waals surface area contributed by atoms with Gasteiger partial charge in [-0.3, -0.25) is 4.90 Å². The number of likely N-dealkylation sites (tertiary alicyclic amines) is 1. The molecule has 0 radical (unpaired) electrons. The molecule has 2 rings (SSSR count). The molecule has 2 N–H and O–H groups in total. The highest BCUT2D eigenvalue weighted by Gasteiger charge is 2.18. The monoisotopic (exact) mass is 297 g/mol. The van der Waals surface area contributed by atoms with Gasteiger partial charge < -0.3 is 5.73 Å². The van der Waals surface area contributed by atoms with Crippen LogP contribution in [0, 0.1) is 0 Å². The molecular formula is C14H23N3O2S. The number of piperidine rings is 1. The second-order valence-corrected chi connectivity index (χ2v) is 7.72. The molecule has 1 unspecified atom stereocenters. The van der Waals surface area contributed by atoms with Gasteiger partial charge in [-0.25, -0.2) is 12.7 Å². The van der Waals surface area contributed by atoms with Crippen molar-refractivity contribution in [1.82, 2.24) is 9.21 Å². The van der Waals surface area contributed by atoms with Crippen molar-refractivity contribution in [1.29, 1.82) is 0 Å². The van der Waals surface area contributed by atoms with Crippen molar-refractivity contribution in [3.8, 4) is 0 Å². The summed E-state index contributed by atoms with van der Waals surface area (Å²) in [5.41, 5.74) is 7.09. The second-order valence-electron chi connectivity index (χ2n) is 5.57. The van der Waals surface area contributed by atoms with Gasteiger partial charge in [0.15, 0.2) is 0 Å². The number of hydrogen-bond acceptors (Lipinski definition) is 4. The van der Waals surface area contributed by atoms with E-state index in [1.165, 1.54) is 4.31 Å². The number of benzene rings is 1. The van der Waals surface area contributed by atoms with Crippen LogP contribution >= 0.6 is 0 Å². The third-order valence-corrected chi connectivity index (χ3v) is 5.48. The zero-order valence-electron chi connectivity index (χ0n) is 12.1. The quantitative estimate of drug-likeness (QED) is 0.895. The Bertz CT molecular complexity index is 540. The van der Waals surface area contributed by atoms with E-state index >= 15 is 0 Å². The minimum Gasteiger partial charge on any atom is -0.327 e. The van der Waals surface area contributed by atoms with Gasteiger partial charge in [-0.1, -0.05) is 12.1 Å². The number of hydrogen-bond donors (Lipinski definition) is 1. The normalized spacial score (nSPS) is 21.3. The molecule has 0 aliphatic carbocycles. The summed E-state index contributed by atoms with van der Waals surface area (Å²) in [6, 6.07) is 7.38. The van der Waals surface area contributed by atoms with Crippen molar-refractivity contribution in [2.24, 2.45) is 5.73 Å². The molecular weight excluding hydrogens is 274 g/mol. The fraction of sp³-hybridized carbons (Fsp3) is 0.571. The zero-order valence-corrected chi connectivity index (χ0v) is 12.9. The Kier molecular flexibility index (Phi) is 4.80. The average molecular weight is 297 g/mol. The highest BCUT2D eigenvalue weighted by Crippen LogP contribution is 2.16. The lowest BCUT2D eigenvalue weighted by atomic mass is 10.1. The molecule has 20 heavy (non-hydrogen) atoms. The van der Waals surface area contributed by atoms with Gasteiger partial charge >= 0.3 is 0 Å². The van der Waals surface area contributed by atoms with Crippen LogP contribution in [0.15, 0.2) is 29.2 Å². The summed E-state index contributed by atoms with van der Waals surface area (Å²) in [6.07, 6.45) is 2.23. The third kappa shape index (κ3) is 3.58. The molecule has 1 fully saturated rings. The summed E-state index contributed by atoms with van der Waals surface area (Å²) in [5.74, 6) is 0. The van der Waals surface area contributed by atoms with Crippen molar-refractivity contribution in [3.05, 3.63) is 29.8 Å². The molecule has 1 aliphatic heterocycles. The van der Waals surface area contributed by atoms with Gasteiger partial charge in [0.2, 0.25) is 10.0 Å². The molecule has 1 aliphatic rings. The van der Waals surface area contributed by atoms with Crippen LogP contribution in [0.4, 0.5) is 0 Å². The minimum atomic E-state index is -3.34. The lowest BCUT2D eigenvalue weighted by Gasteiger charge is -2.30. The van der Waals surface area contributed by atoms with E-state index in [4.69, 9.17) is 5.73 Å². The number of rotatable bonds is 4. The van der Waals surface area contributed by atoms with Crippen LogP contribution in [-0.2, 0) is 16.6 Å². The molecule has 1 saturated heterocycles. The summed E-state index contributed by atoms with van der Waals surface area (Å²) < 4.78 is 25.2. The lowest BCUT2D eigenvalue weighted by Crippen LogP contribution is -2.42. The van der Waals surface area contributed by atoms with Gasteiger partial charge in [0, 0.05) is 33.2 Å². The Hall–Kier alpha value is -0.950. The summed E-state index contributed by atoms with van der Waals surface area (Å²) >= 11 is 0. The first kappa shape index (κ1) is 15.4. The van der Waals surface area contributed by atoms with E-state index in [2.05, 4.69) is 4.90 Å². The first-order chi connectivity index (χ1) is 9.39. The van der Waals surface area contributed by atoms with Crippen LogP contribution in [0.2, 0.25) is 0 Å². The summed E-state index contributed by atoms with van der Waals surface area (Å²) in [6.45, 7) is 2.80. The topological polar surface area (TPSA) is 66.6 Å². The highest BCUT2D eigenvalue weighted by atomic mass is 32.2. The predicted octanol–water partition coefficient (Wildman–Crippen LogP) is 0.860. The maximum absolute atomic E-state index is 12.0. The Morgan fingerprint density at radius 1 is 1.30 bits per heavy atom. The Labute approximate surface area is 121 Å². The molecule has 1 aromatic carbocycles. The first-order valence-corrected chi connectivity index (χ1v) is 8.33. The van der Waals surface area contributed by atoms with E-state index in [-0.39, 0.29) is 6.04 Å². The van der Waals surface area contributed by atoms with E-state index in [1.54, 1.807) is 26.2 Å². The van der Waals surface area contributed by atoms with Gasteiger partial charge in [0.25, 0.3) is 0 Å². The van der Waals surface area contributed by atoms with Crippen molar-refractivity contribution >= 4 is 10.0 Å². The number of sulfonamides is 1. The van der Waals surface area contributed by atoms with E-state index in [1.807, 2.05) is 12.1 Å². The third-order valence-electron chi connectivity index (χ3n) is 3.65. The molecule has 0 amide bonds. The van der Waals surface area contributed by atoms with Crippen LogP contribution in [0.25, 0.3) is 0 Å². The van der Waals surface area contributed by atoms with Crippen LogP contribution in [0.1, 0.15) is 18.4 Å². The maximum Gasteiger partial charge on any atom is 0.242 e. The first-order valence-electron chi connectivity index (χ1n) is 6.89. The van der Waals surface area contributed by atoms with Gasteiger partial charge in [-0.15, -0.1) is 0 Å². The van der Waals surface area contributed by atoms with Gasteiger partial charge in [-0.2, -0.15) is 0 Å². The van der Waals surface area contributed by atoms with Crippen LogP contribution in [0.3, 0.4) is 0 Å². The summed E-state index contributed by atoms with van der Waals surface area (Å²) in [7, 11) is -0.256. The van der Waals surface area contributed by atoms with Crippen molar-refractivity contribution in [2.75, 3.05) is 27.2 Å². The molecule has 6 heteroatoms. The predicted molar refractivity (Wildman–Crippen MR) is 79.8 cm³/mol. The minimum absolute atomic E-state index is 0.261. The fourth-order valence-electron chi connectivity index (χ4n) is 2.47. The fourth-order valence-corrected chi connectivity index (χ4v) is 3.37. The molecule has 112 valence electrons. The van der Waals surface area contributed by atoms with Crippen LogP contribution in [-0.4, -0.2) is 50.8 Å². The van der Waals surface area contributed by atoms with Crippen molar-refractivity contribution < 1.29 is 8.42 Å². The number of nitrogens with two attached hydrogens (primary N) is 1. The molecule has 0 spiro atoms. The Morgan fingerprint density at radius 2 is 1.95 bits per heavy atom. The molecule has 1 heterocycles. The van der Waals surface area contributed by atoms with E-state index in [0.717, 1.165) is 38.0 Å². The van der Waals surface area contributed by atoms with Crippen LogP contribution < -0.4 is 5.73 Å². The molecule has 0 bridgehead atoms. The Balaban J connectivity index is 2.05. The summed E-state index contributed by atoms with van der Waals surface area (Å²) in [4.78, 5) is 2.66. The SMILES string of the molecule is CN(C)S(=O)(=O)c1ccc(CN2CCCC(N)C2)cc1. The zero-order chi connectivity index (χ0) is 14.8. The van der Waals surface area contributed by atoms with E-state index < -0.39 is 10.0 Å². The average Bonchev–Trinajstić information content (AvgIpc) is 2.39. The highest BCUT2D eigenvalue weighted by molar-refractivity contribution is 7.89. The van der Waals surface area contributed by atoms with Crippen molar-refractivity contribution in [2.45, 2.75) is 30.3 Å². The van der Waals surface area contributed by atoms with Gasteiger partial charge in [0.1, 0.15) is 0 Å². The molecule has 1 aromatic rings. The lowest BCUT2D eigenvalue weighted by molar-refractivity contribution is 0.201. The maximum atomic E-state index is 12.0. The van der Waals surface area contributed by atoms with Crippen molar-refractivity contribution in [3.63, 3.8) is 0 Å². The van der Waals surface area contributed by atoms with E-state index in [0.29, 0.717) is 4.90 Å².